The molecule has 0 spiro atoms. The summed E-state index contributed by atoms with van der Waals surface area (Å²) in [5.41, 5.74) is -0.498. The molecule has 2 aromatic carbocycles. The van der Waals surface area contributed by atoms with Crippen LogP contribution in [0.25, 0.3) is 0 Å². The number of ether oxygens (including phenoxy) is 1. The van der Waals surface area contributed by atoms with Gasteiger partial charge in [-0.25, -0.2) is 0 Å². The first-order chi connectivity index (χ1) is 15.7. The molecule has 0 radical (unpaired) electrons. The van der Waals surface area contributed by atoms with Crippen molar-refractivity contribution < 1.29 is 22.7 Å². The van der Waals surface area contributed by atoms with Gasteiger partial charge in [0, 0.05) is 6.54 Å². The maximum atomic E-state index is 12.9. The summed E-state index contributed by atoms with van der Waals surface area (Å²) >= 11 is 13.2. The van der Waals surface area contributed by atoms with Crippen molar-refractivity contribution in [3.05, 3.63) is 76.6 Å². The van der Waals surface area contributed by atoms with Gasteiger partial charge in [-0.1, -0.05) is 53.2 Å². The van der Waals surface area contributed by atoms with Crippen molar-refractivity contribution in [1.82, 2.24) is 14.8 Å². The van der Waals surface area contributed by atoms with Gasteiger partial charge in [0.2, 0.25) is 5.91 Å². The second-order valence-electron chi connectivity index (χ2n) is 6.55. The fourth-order valence-corrected chi connectivity index (χ4v) is 3.94. The first-order valence-corrected chi connectivity index (χ1v) is 11.1. The lowest BCUT2D eigenvalue weighted by molar-refractivity contribution is -0.137. The molecule has 0 atom stereocenters. The molecule has 1 amide bonds. The van der Waals surface area contributed by atoms with E-state index in [4.69, 9.17) is 27.9 Å². The maximum absolute atomic E-state index is 12.9. The van der Waals surface area contributed by atoms with Crippen molar-refractivity contribution in [3.8, 4) is 5.75 Å². The number of carbonyl (C=O) groups excluding carboxylic acids is 1. The van der Waals surface area contributed by atoms with E-state index < -0.39 is 11.7 Å². The molecule has 0 aliphatic rings. The second kappa shape index (κ2) is 11.0. The number of hydrogen-bond acceptors (Lipinski definition) is 5. The Morgan fingerprint density at radius 1 is 1.18 bits per heavy atom. The van der Waals surface area contributed by atoms with E-state index in [9.17, 15) is 18.0 Å². The number of rotatable bonds is 9. The Balaban J connectivity index is 1.66. The molecule has 0 aliphatic carbocycles. The van der Waals surface area contributed by atoms with Crippen LogP contribution in [-0.2, 0) is 24.1 Å². The van der Waals surface area contributed by atoms with Gasteiger partial charge in [0.15, 0.2) is 11.0 Å². The van der Waals surface area contributed by atoms with Crippen molar-refractivity contribution in [2.45, 2.75) is 24.5 Å². The lowest BCUT2D eigenvalue weighted by atomic mass is 10.2. The fraction of sp³-hybridized carbons (Fsp3) is 0.190. The molecular formula is C21H17Cl2F3N4O2S. The minimum Gasteiger partial charge on any atom is -0.486 e. The molecule has 174 valence electrons. The summed E-state index contributed by atoms with van der Waals surface area (Å²) < 4.78 is 45.8. The molecule has 1 aromatic heterocycles. The molecule has 0 saturated carbocycles. The Labute approximate surface area is 201 Å². The molecule has 3 rings (SSSR count). The van der Waals surface area contributed by atoms with E-state index in [2.05, 4.69) is 22.1 Å². The van der Waals surface area contributed by atoms with Gasteiger partial charge in [0.05, 0.1) is 27.0 Å². The number of thioether (sulfide) groups is 1. The Bertz CT molecular complexity index is 1130. The van der Waals surface area contributed by atoms with E-state index in [1.165, 1.54) is 12.1 Å². The number of nitrogens with one attached hydrogen (secondary N) is 1. The van der Waals surface area contributed by atoms with E-state index >= 15 is 0 Å². The highest BCUT2D eigenvalue weighted by Gasteiger charge is 2.30. The zero-order valence-corrected chi connectivity index (χ0v) is 19.2. The van der Waals surface area contributed by atoms with Gasteiger partial charge in [-0.15, -0.1) is 16.8 Å². The van der Waals surface area contributed by atoms with Crippen LogP contribution in [-0.4, -0.2) is 26.4 Å². The predicted octanol–water partition coefficient (Wildman–Crippen LogP) is 6.10. The average molecular weight is 517 g/mol. The Morgan fingerprint density at radius 3 is 2.55 bits per heavy atom. The molecule has 0 saturated heterocycles. The number of carbonyl (C=O) groups is 1. The van der Waals surface area contributed by atoms with Crippen LogP contribution in [0.5, 0.6) is 5.75 Å². The van der Waals surface area contributed by atoms with Crippen LogP contribution in [0.2, 0.25) is 10.0 Å². The number of anilines is 1. The molecule has 0 bridgehead atoms. The molecule has 1 N–H and O–H groups in total. The number of benzene rings is 2. The Hall–Kier alpha value is -2.69. The van der Waals surface area contributed by atoms with Crippen LogP contribution in [0, 0.1) is 0 Å². The van der Waals surface area contributed by atoms with E-state index in [0.717, 1.165) is 23.9 Å². The second-order valence-corrected chi connectivity index (χ2v) is 8.30. The van der Waals surface area contributed by atoms with E-state index in [1.807, 2.05) is 0 Å². The molecule has 33 heavy (non-hydrogen) atoms. The zero-order chi connectivity index (χ0) is 24.0. The molecule has 0 unspecified atom stereocenters. The number of alkyl halides is 3. The number of hydrogen-bond donors (Lipinski definition) is 1. The number of halogens is 5. The number of nitrogens with zero attached hydrogens (tertiary/aromatic N) is 3. The van der Waals surface area contributed by atoms with Crippen LogP contribution in [0.1, 0.15) is 11.4 Å². The highest BCUT2D eigenvalue weighted by molar-refractivity contribution is 7.99. The first-order valence-electron chi connectivity index (χ1n) is 9.38. The third-order valence-corrected chi connectivity index (χ3v) is 5.79. The van der Waals surface area contributed by atoms with Gasteiger partial charge in [0.25, 0.3) is 0 Å². The molecule has 0 fully saturated rings. The summed E-state index contributed by atoms with van der Waals surface area (Å²) in [7, 11) is 0. The number of amides is 1. The fourth-order valence-electron chi connectivity index (χ4n) is 2.68. The summed E-state index contributed by atoms with van der Waals surface area (Å²) in [4.78, 5) is 12.3. The van der Waals surface area contributed by atoms with Crippen molar-refractivity contribution in [1.29, 1.82) is 0 Å². The first kappa shape index (κ1) is 24.9. The van der Waals surface area contributed by atoms with Gasteiger partial charge in [-0.05, 0) is 30.3 Å². The maximum Gasteiger partial charge on any atom is 0.416 e. The molecule has 1 heterocycles. The van der Waals surface area contributed by atoms with Crippen LogP contribution in [0.15, 0.2) is 60.3 Å². The standard InChI is InChI=1S/C21H17Cl2F3N4O2S/c1-2-9-30-17(11-32-14-6-3-5-13(10-14)21(24,25)26)28-29-20(30)33-12-18(31)27-19-15(22)7-4-8-16(19)23/h2-8,10H,1,9,11-12H2,(H,27,31). The summed E-state index contributed by atoms with van der Waals surface area (Å²) in [6, 6.07) is 9.43. The van der Waals surface area contributed by atoms with Gasteiger partial charge in [0.1, 0.15) is 12.4 Å². The molecule has 6 nitrogen and oxygen atoms in total. The van der Waals surface area contributed by atoms with Crippen LogP contribution in [0.3, 0.4) is 0 Å². The topological polar surface area (TPSA) is 69.0 Å². The highest BCUT2D eigenvalue weighted by Crippen LogP contribution is 2.32. The van der Waals surface area contributed by atoms with E-state index in [0.29, 0.717) is 33.3 Å². The van der Waals surface area contributed by atoms with Gasteiger partial charge in [-0.3, -0.25) is 9.36 Å². The molecule has 3 aromatic rings. The minimum atomic E-state index is -4.47. The summed E-state index contributed by atoms with van der Waals surface area (Å²) in [5.74, 6) is 0.0446. The third-order valence-electron chi connectivity index (χ3n) is 4.19. The van der Waals surface area contributed by atoms with Crippen LogP contribution >= 0.6 is 35.0 Å². The average Bonchev–Trinajstić information content (AvgIpc) is 3.15. The normalized spacial score (nSPS) is 11.3. The Morgan fingerprint density at radius 2 is 1.88 bits per heavy atom. The molecule has 0 aliphatic heterocycles. The predicted molar refractivity (Wildman–Crippen MR) is 122 cm³/mol. The third kappa shape index (κ3) is 6.66. The highest BCUT2D eigenvalue weighted by atomic mass is 35.5. The molecule has 12 heteroatoms. The van der Waals surface area contributed by atoms with Gasteiger partial charge < -0.3 is 10.1 Å². The summed E-state index contributed by atoms with van der Waals surface area (Å²) in [6.07, 6.45) is -2.87. The van der Waals surface area contributed by atoms with E-state index in [1.54, 1.807) is 28.8 Å². The van der Waals surface area contributed by atoms with Crippen molar-refractivity contribution >= 4 is 46.6 Å². The van der Waals surface area contributed by atoms with Crippen molar-refractivity contribution in [2.24, 2.45) is 0 Å². The minimum absolute atomic E-state index is 0.00862. The van der Waals surface area contributed by atoms with Crippen LogP contribution < -0.4 is 10.1 Å². The summed E-state index contributed by atoms with van der Waals surface area (Å²) in [5, 5.41) is 11.8. The van der Waals surface area contributed by atoms with Crippen molar-refractivity contribution in [3.63, 3.8) is 0 Å². The lowest BCUT2D eigenvalue weighted by Gasteiger charge is -2.11. The Kier molecular flexibility index (Phi) is 8.28. The monoisotopic (exact) mass is 516 g/mol. The summed E-state index contributed by atoms with van der Waals surface area (Å²) in [6.45, 7) is 3.88. The van der Waals surface area contributed by atoms with Gasteiger partial charge >= 0.3 is 6.18 Å². The smallest absolute Gasteiger partial charge is 0.416 e. The number of para-hydroxylation sites is 1. The van der Waals surface area contributed by atoms with E-state index in [-0.39, 0.29) is 24.0 Å². The quantitative estimate of drug-likeness (QED) is 0.275. The number of allylic oxidation sites excluding steroid dienone is 1. The number of aromatic nitrogens is 3. The zero-order valence-electron chi connectivity index (χ0n) is 16.9. The van der Waals surface area contributed by atoms with Gasteiger partial charge in [-0.2, -0.15) is 13.2 Å². The van der Waals surface area contributed by atoms with Crippen molar-refractivity contribution in [2.75, 3.05) is 11.1 Å². The SMILES string of the molecule is C=CCn1c(COc2cccc(C(F)(F)F)c2)nnc1SCC(=O)Nc1c(Cl)cccc1Cl. The molecular weight excluding hydrogens is 500 g/mol. The largest absolute Gasteiger partial charge is 0.486 e. The lowest BCUT2D eigenvalue weighted by Crippen LogP contribution is -2.15. The van der Waals surface area contributed by atoms with Crippen LogP contribution in [0.4, 0.5) is 18.9 Å².